The molecule has 2 aromatic carbocycles. The fourth-order valence-electron chi connectivity index (χ4n) is 2.03. The van der Waals surface area contributed by atoms with Crippen molar-refractivity contribution in [1.29, 1.82) is 0 Å². The molecule has 2 rings (SSSR count). The minimum absolute atomic E-state index is 0.0594. The summed E-state index contributed by atoms with van der Waals surface area (Å²) in [5.41, 5.74) is 0.896. The largest absolute Gasteiger partial charge is 0.206 e. The Balaban J connectivity index is 2.19. The smallest absolute Gasteiger partial charge is 0.194 e. The lowest BCUT2D eigenvalue weighted by Crippen LogP contribution is -1.92. The van der Waals surface area contributed by atoms with Crippen LogP contribution in [0, 0.1) is 35.1 Å². The standard InChI is InChI=1S/C19H14F4/c1-2-3-4-5-13-6-8-15(16(20)10-13)9-7-14-11-17(21)19(23)18(22)12-14/h2,6,8,10-12H,1,3-5H2. The molecule has 0 bridgehead atoms. The molecule has 0 nitrogen and oxygen atoms in total. The topological polar surface area (TPSA) is 0 Å². The van der Waals surface area contributed by atoms with E-state index in [0.717, 1.165) is 37.0 Å². The van der Waals surface area contributed by atoms with Gasteiger partial charge in [0.2, 0.25) is 0 Å². The van der Waals surface area contributed by atoms with Crippen molar-refractivity contribution in [3.8, 4) is 11.8 Å². The molecule has 0 aliphatic heterocycles. The number of rotatable bonds is 4. The lowest BCUT2D eigenvalue weighted by molar-refractivity contribution is 0.446. The van der Waals surface area contributed by atoms with Crippen molar-refractivity contribution in [2.45, 2.75) is 19.3 Å². The molecule has 0 aliphatic carbocycles. The van der Waals surface area contributed by atoms with Crippen LogP contribution in [0.1, 0.15) is 29.5 Å². The minimum Gasteiger partial charge on any atom is -0.206 e. The molecule has 2 aromatic rings. The van der Waals surface area contributed by atoms with Gasteiger partial charge in [-0.2, -0.15) is 0 Å². The van der Waals surface area contributed by atoms with Gasteiger partial charge in [0.05, 0.1) is 5.56 Å². The van der Waals surface area contributed by atoms with Crippen LogP contribution < -0.4 is 0 Å². The van der Waals surface area contributed by atoms with Crippen molar-refractivity contribution in [2.24, 2.45) is 0 Å². The summed E-state index contributed by atoms with van der Waals surface area (Å²) < 4.78 is 53.0. The average molecular weight is 318 g/mol. The van der Waals surface area contributed by atoms with Crippen LogP contribution in [0.4, 0.5) is 17.6 Å². The molecule has 0 aliphatic rings. The Morgan fingerprint density at radius 3 is 2.22 bits per heavy atom. The van der Waals surface area contributed by atoms with E-state index in [1.807, 2.05) is 0 Å². The van der Waals surface area contributed by atoms with Gasteiger partial charge in [-0.15, -0.1) is 6.58 Å². The van der Waals surface area contributed by atoms with E-state index in [2.05, 4.69) is 18.4 Å². The summed E-state index contributed by atoms with van der Waals surface area (Å²) in [5.74, 6) is 0.227. The second kappa shape index (κ2) is 7.64. The molecule has 0 saturated heterocycles. The predicted molar refractivity (Wildman–Crippen MR) is 81.8 cm³/mol. The van der Waals surface area contributed by atoms with Gasteiger partial charge in [0.25, 0.3) is 0 Å². The first-order valence-electron chi connectivity index (χ1n) is 7.07. The van der Waals surface area contributed by atoms with Gasteiger partial charge < -0.3 is 0 Å². The zero-order valence-electron chi connectivity index (χ0n) is 12.3. The molecule has 0 amide bonds. The Morgan fingerprint density at radius 2 is 1.61 bits per heavy atom. The van der Waals surface area contributed by atoms with Crippen molar-refractivity contribution < 1.29 is 17.6 Å². The van der Waals surface area contributed by atoms with E-state index in [9.17, 15) is 17.6 Å². The highest BCUT2D eigenvalue weighted by atomic mass is 19.2. The predicted octanol–water partition coefficient (Wildman–Crippen LogP) is 5.15. The molecule has 0 unspecified atom stereocenters. The molecule has 0 fully saturated rings. The summed E-state index contributed by atoms with van der Waals surface area (Å²) in [5, 5.41) is 0. The molecule has 23 heavy (non-hydrogen) atoms. The fourth-order valence-corrected chi connectivity index (χ4v) is 2.03. The molecular weight excluding hydrogens is 304 g/mol. The second-order valence-corrected chi connectivity index (χ2v) is 5.00. The minimum atomic E-state index is -1.55. The van der Waals surface area contributed by atoms with Crippen LogP contribution in [0.3, 0.4) is 0 Å². The van der Waals surface area contributed by atoms with Crippen molar-refractivity contribution in [3.05, 3.63) is 82.9 Å². The summed E-state index contributed by atoms with van der Waals surface area (Å²) in [6, 6.07) is 6.20. The van der Waals surface area contributed by atoms with E-state index in [1.165, 1.54) is 12.1 Å². The fraction of sp³-hybridized carbons (Fsp3) is 0.158. The van der Waals surface area contributed by atoms with Gasteiger partial charge in [0.15, 0.2) is 17.5 Å². The van der Waals surface area contributed by atoms with Crippen molar-refractivity contribution >= 4 is 0 Å². The summed E-state index contributed by atoms with van der Waals surface area (Å²) >= 11 is 0. The first kappa shape index (κ1) is 16.8. The molecule has 0 spiro atoms. The zero-order chi connectivity index (χ0) is 16.8. The normalized spacial score (nSPS) is 10.1. The van der Waals surface area contributed by atoms with E-state index in [1.54, 1.807) is 12.1 Å². The Morgan fingerprint density at radius 1 is 0.913 bits per heavy atom. The van der Waals surface area contributed by atoms with Gasteiger partial charge in [-0.25, -0.2) is 17.6 Å². The van der Waals surface area contributed by atoms with Crippen LogP contribution in [-0.4, -0.2) is 0 Å². The first-order valence-corrected chi connectivity index (χ1v) is 7.07. The van der Waals surface area contributed by atoms with Crippen molar-refractivity contribution in [3.63, 3.8) is 0 Å². The Kier molecular flexibility index (Phi) is 5.59. The molecule has 0 saturated carbocycles. The van der Waals surface area contributed by atoms with Gasteiger partial charge in [0, 0.05) is 5.56 Å². The summed E-state index contributed by atoms with van der Waals surface area (Å²) in [4.78, 5) is 0. The maximum absolute atomic E-state index is 14.0. The number of aryl methyl sites for hydroxylation is 1. The van der Waals surface area contributed by atoms with Gasteiger partial charge in [-0.05, 0) is 49.1 Å². The summed E-state index contributed by atoms with van der Waals surface area (Å²) in [6.07, 6.45) is 4.26. The van der Waals surface area contributed by atoms with E-state index in [-0.39, 0.29) is 11.1 Å². The van der Waals surface area contributed by atoms with Crippen molar-refractivity contribution in [2.75, 3.05) is 0 Å². The summed E-state index contributed by atoms with van der Waals surface area (Å²) in [6.45, 7) is 3.63. The summed E-state index contributed by atoms with van der Waals surface area (Å²) in [7, 11) is 0. The third-order valence-corrected chi connectivity index (χ3v) is 3.23. The van der Waals surface area contributed by atoms with Crippen LogP contribution >= 0.6 is 0 Å². The highest BCUT2D eigenvalue weighted by Crippen LogP contribution is 2.14. The first-order chi connectivity index (χ1) is 11.0. The van der Waals surface area contributed by atoms with Crippen LogP contribution in [0.5, 0.6) is 0 Å². The molecule has 0 radical (unpaired) electrons. The number of hydrogen-bond acceptors (Lipinski definition) is 0. The molecular formula is C19H14F4. The van der Waals surface area contributed by atoms with Crippen molar-refractivity contribution in [1.82, 2.24) is 0 Å². The van der Waals surface area contributed by atoms with Crippen LogP contribution in [0.2, 0.25) is 0 Å². The quantitative estimate of drug-likeness (QED) is 0.240. The van der Waals surface area contributed by atoms with Gasteiger partial charge >= 0.3 is 0 Å². The molecule has 0 heterocycles. The lowest BCUT2D eigenvalue weighted by atomic mass is 10.1. The van der Waals surface area contributed by atoms with Gasteiger partial charge in [-0.3, -0.25) is 0 Å². The van der Waals surface area contributed by atoms with Crippen LogP contribution in [-0.2, 0) is 6.42 Å². The number of hydrogen-bond donors (Lipinski definition) is 0. The molecule has 118 valence electrons. The highest BCUT2D eigenvalue weighted by molar-refractivity contribution is 5.44. The molecule has 0 N–H and O–H groups in total. The lowest BCUT2D eigenvalue weighted by Gasteiger charge is -2.01. The van der Waals surface area contributed by atoms with E-state index < -0.39 is 23.3 Å². The Hall–Kier alpha value is -2.54. The Labute approximate surface area is 132 Å². The SMILES string of the molecule is C=CCCCc1ccc(C#Cc2cc(F)c(F)c(F)c2)c(F)c1. The van der Waals surface area contributed by atoms with E-state index >= 15 is 0 Å². The second-order valence-electron chi connectivity index (χ2n) is 5.00. The number of allylic oxidation sites excluding steroid dienone is 1. The number of unbranched alkanes of at least 4 members (excludes halogenated alkanes) is 1. The number of benzene rings is 2. The third kappa shape index (κ3) is 4.46. The van der Waals surface area contributed by atoms with Crippen LogP contribution in [0.25, 0.3) is 0 Å². The highest BCUT2D eigenvalue weighted by Gasteiger charge is 2.09. The van der Waals surface area contributed by atoms with E-state index in [4.69, 9.17) is 0 Å². The van der Waals surface area contributed by atoms with Crippen LogP contribution in [0.15, 0.2) is 43.0 Å². The number of halogens is 4. The van der Waals surface area contributed by atoms with Gasteiger partial charge in [-0.1, -0.05) is 24.0 Å². The zero-order valence-corrected chi connectivity index (χ0v) is 12.3. The monoisotopic (exact) mass is 318 g/mol. The van der Waals surface area contributed by atoms with Gasteiger partial charge in [0.1, 0.15) is 5.82 Å². The molecule has 4 heteroatoms. The Bertz CT molecular complexity index is 759. The molecule has 0 atom stereocenters. The average Bonchev–Trinajstić information content (AvgIpc) is 2.52. The molecule has 0 aromatic heterocycles. The maximum Gasteiger partial charge on any atom is 0.194 e. The van der Waals surface area contributed by atoms with E-state index in [0.29, 0.717) is 0 Å². The third-order valence-electron chi connectivity index (χ3n) is 3.23. The maximum atomic E-state index is 14.0.